The van der Waals surface area contributed by atoms with Crippen LogP contribution in [-0.2, 0) is 0 Å². The van der Waals surface area contributed by atoms with E-state index in [-0.39, 0.29) is 5.92 Å². The molecular weight excluding hydrogens is 262 g/mol. The molecule has 1 aromatic heterocycles. The first-order valence-electron chi connectivity index (χ1n) is 6.87. The smallest absolute Gasteiger partial charge is 0.220 e. The lowest BCUT2D eigenvalue weighted by molar-refractivity contribution is 0.453. The van der Waals surface area contributed by atoms with E-state index in [4.69, 9.17) is 15.7 Å². The van der Waals surface area contributed by atoms with Crippen molar-refractivity contribution < 1.29 is 4.74 Å². The third kappa shape index (κ3) is 3.32. The van der Waals surface area contributed by atoms with Crippen LogP contribution in [0.2, 0.25) is 0 Å². The van der Waals surface area contributed by atoms with Crippen LogP contribution in [0.1, 0.15) is 42.1 Å². The van der Waals surface area contributed by atoms with Crippen LogP contribution in [-0.4, -0.2) is 4.98 Å². The molecule has 0 unspecified atom stereocenters. The van der Waals surface area contributed by atoms with Crippen LogP contribution in [0.25, 0.3) is 0 Å². The molecule has 0 spiro atoms. The fourth-order valence-corrected chi connectivity index (χ4v) is 2.12. The summed E-state index contributed by atoms with van der Waals surface area (Å²) in [6.45, 7) is 7.95. The summed E-state index contributed by atoms with van der Waals surface area (Å²) in [5, 5.41) is 9.03. The van der Waals surface area contributed by atoms with Gasteiger partial charge in [-0.25, -0.2) is 4.98 Å². The van der Waals surface area contributed by atoms with Crippen LogP contribution in [0.3, 0.4) is 0 Å². The summed E-state index contributed by atoms with van der Waals surface area (Å²) in [4.78, 5) is 4.33. The highest BCUT2D eigenvalue weighted by Gasteiger charge is 2.12. The Morgan fingerprint density at radius 1 is 1.19 bits per heavy atom. The molecule has 0 saturated carbocycles. The van der Waals surface area contributed by atoms with E-state index in [1.807, 2.05) is 26.0 Å². The number of hydrogen-bond donors (Lipinski definition) is 1. The summed E-state index contributed by atoms with van der Waals surface area (Å²) in [6.07, 6.45) is 0. The quantitative estimate of drug-likeness (QED) is 0.861. The molecule has 0 amide bonds. The first-order chi connectivity index (χ1) is 9.90. The van der Waals surface area contributed by atoms with Gasteiger partial charge in [0.15, 0.2) is 0 Å². The van der Waals surface area contributed by atoms with Gasteiger partial charge in [0.2, 0.25) is 5.88 Å². The van der Waals surface area contributed by atoms with Crippen LogP contribution in [0.5, 0.6) is 11.6 Å². The van der Waals surface area contributed by atoms with Crippen molar-refractivity contribution in [2.75, 3.05) is 5.73 Å². The Morgan fingerprint density at radius 2 is 1.90 bits per heavy atom. The Bertz CT molecular complexity index is 715. The Hall–Kier alpha value is -2.54. The molecule has 108 valence electrons. The average molecular weight is 281 g/mol. The summed E-state index contributed by atoms with van der Waals surface area (Å²) < 4.78 is 5.91. The summed E-state index contributed by atoms with van der Waals surface area (Å²) in [7, 11) is 0. The van der Waals surface area contributed by atoms with E-state index in [0.717, 1.165) is 28.3 Å². The van der Waals surface area contributed by atoms with Gasteiger partial charge in [0, 0.05) is 17.4 Å². The molecule has 0 fully saturated rings. The zero-order chi connectivity index (χ0) is 15.6. The van der Waals surface area contributed by atoms with Gasteiger partial charge in [0.1, 0.15) is 5.75 Å². The van der Waals surface area contributed by atoms with E-state index < -0.39 is 0 Å². The van der Waals surface area contributed by atoms with E-state index in [9.17, 15) is 0 Å². The molecule has 0 atom stereocenters. The molecule has 0 saturated heterocycles. The minimum Gasteiger partial charge on any atom is -0.439 e. The second-order valence-corrected chi connectivity index (χ2v) is 5.45. The van der Waals surface area contributed by atoms with Crippen LogP contribution >= 0.6 is 0 Å². The number of nitrogens with zero attached hydrogens (tertiary/aromatic N) is 2. The molecule has 1 heterocycles. The topological polar surface area (TPSA) is 71.9 Å². The van der Waals surface area contributed by atoms with E-state index in [1.54, 1.807) is 12.1 Å². The van der Waals surface area contributed by atoms with E-state index in [2.05, 4.69) is 24.9 Å². The average Bonchev–Trinajstić information content (AvgIpc) is 2.41. The second kappa shape index (κ2) is 5.84. The van der Waals surface area contributed by atoms with Crippen molar-refractivity contribution in [2.45, 2.75) is 33.6 Å². The molecule has 1 aromatic carbocycles. The number of aromatic nitrogens is 1. The van der Waals surface area contributed by atoms with Gasteiger partial charge >= 0.3 is 0 Å². The number of aryl methyl sites for hydroxylation is 2. The van der Waals surface area contributed by atoms with Gasteiger partial charge in [-0.1, -0.05) is 13.8 Å². The molecular formula is C17H19N3O. The number of nitriles is 1. The lowest BCUT2D eigenvalue weighted by Gasteiger charge is -2.16. The standard InChI is InChI=1S/C17H19N3O/c1-10(2)14-8-15(19)11(3)5-16(14)21-17-7-13(9-18)6-12(4)20-17/h5-8,10H,19H2,1-4H3. The highest BCUT2D eigenvalue weighted by Crippen LogP contribution is 2.33. The van der Waals surface area contributed by atoms with Crippen molar-refractivity contribution in [3.8, 4) is 17.7 Å². The van der Waals surface area contributed by atoms with Crippen LogP contribution < -0.4 is 10.5 Å². The maximum absolute atomic E-state index is 9.03. The summed E-state index contributed by atoms with van der Waals surface area (Å²) >= 11 is 0. The van der Waals surface area contributed by atoms with Gasteiger partial charge in [-0.2, -0.15) is 5.26 Å². The van der Waals surface area contributed by atoms with E-state index in [0.29, 0.717) is 11.4 Å². The maximum atomic E-state index is 9.03. The van der Waals surface area contributed by atoms with Crippen molar-refractivity contribution in [2.24, 2.45) is 0 Å². The minimum absolute atomic E-state index is 0.281. The number of rotatable bonds is 3. The van der Waals surface area contributed by atoms with Gasteiger partial charge in [-0.15, -0.1) is 0 Å². The molecule has 0 aliphatic rings. The molecule has 4 heteroatoms. The fourth-order valence-electron chi connectivity index (χ4n) is 2.12. The van der Waals surface area contributed by atoms with Gasteiger partial charge in [0.05, 0.1) is 11.6 Å². The van der Waals surface area contributed by atoms with Crippen LogP contribution in [0.15, 0.2) is 24.3 Å². The summed E-state index contributed by atoms with van der Waals surface area (Å²) in [5.41, 5.74) is 10.0. The molecule has 0 aliphatic carbocycles. The summed E-state index contributed by atoms with van der Waals surface area (Å²) in [5.74, 6) is 1.44. The van der Waals surface area contributed by atoms with Gasteiger partial charge < -0.3 is 10.5 Å². The maximum Gasteiger partial charge on any atom is 0.220 e. The highest BCUT2D eigenvalue weighted by molar-refractivity contribution is 5.55. The SMILES string of the molecule is Cc1cc(C#N)cc(Oc2cc(C)c(N)cc2C(C)C)n1. The monoisotopic (exact) mass is 281 g/mol. The Morgan fingerprint density at radius 3 is 2.52 bits per heavy atom. The molecule has 2 rings (SSSR count). The number of hydrogen-bond acceptors (Lipinski definition) is 4. The van der Waals surface area contributed by atoms with Crippen molar-refractivity contribution in [1.82, 2.24) is 4.98 Å². The highest BCUT2D eigenvalue weighted by atomic mass is 16.5. The zero-order valence-electron chi connectivity index (χ0n) is 12.8. The molecule has 2 N–H and O–H groups in total. The van der Waals surface area contributed by atoms with Crippen molar-refractivity contribution in [3.63, 3.8) is 0 Å². The molecule has 0 bridgehead atoms. The third-order valence-electron chi connectivity index (χ3n) is 3.29. The molecule has 2 aromatic rings. The number of nitrogen functional groups attached to an aromatic ring is 1. The number of benzene rings is 1. The van der Waals surface area contributed by atoms with Crippen molar-refractivity contribution in [3.05, 3.63) is 46.6 Å². The number of nitrogens with two attached hydrogens (primary N) is 1. The first kappa shape index (κ1) is 14.9. The molecule has 0 aliphatic heterocycles. The third-order valence-corrected chi connectivity index (χ3v) is 3.29. The minimum atomic E-state index is 0.281. The zero-order valence-corrected chi connectivity index (χ0v) is 12.8. The van der Waals surface area contributed by atoms with Crippen molar-refractivity contribution >= 4 is 5.69 Å². The first-order valence-corrected chi connectivity index (χ1v) is 6.87. The van der Waals surface area contributed by atoms with Gasteiger partial charge in [-0.3, -0.25) is 0 Å². The van der Waals surface area contributed by atoms with Crippen molar-refractivity contribution in [1.29, 1.82) is 5.26 Å². The number of pyridine rings is 1. The largest absolute Gasteiger partial charge is 0.439 e. The lowest BCUT2D eigenvalue weighted by atomic mass is 9.99. The predicted molar refractivity (Wildman–Crippen MR) is 83.4 cm³/mol. The molecule has 21 heavy (non-hydrogen) atoms. The van der Waals surface area contributed by atoms with E-state index in [1.165, 1.54) is 0 Å². The Kier molecular flexibility index (Phi) is 4.13. The fraction of sp³-hybridized carbons (Fsp3) is 0.294. The summed E-state index contributed by atoms with van der Waals surface area (Å²) in [6, 6.07) is 9.34. The predicted octanol–water partition coefficient (Wildman–Crippen LogP) is 4.07. The normalized spacial score (nSPS) is 10.5. The van der Waals surface area contributed by atoms with E-state index >= 15 is 0 Å². The molecule has 0 radical (unpaired) electrons. The lowest BCUT2D eigenvalue weighted by Crippen LogP contribution is -2.00. The second-order valence-electron chi connectivity index (χ2n) is 5.45. The Labute approximate surface area is 125 Å². The number of ether oxygens (including phenoxy) is 1. The van der Waals surface area contributed by atoms with Gasteiger partial charge in [0.25, 0.3) is 0 Å². The molecule has 4 nitrogen and oxygen atoms in total. The van der Waals surface area contributed by atoms with Crippen LogP contribution in [0, 0.1) is 25.2 Å². The Balaban J connectivity index is 2.46. The van der Waals surface area contributed by atoms with Crippen LogP contribution in [0.4, 0.5) is 5.69 Å². The van der Waals surface area contributed by atoms with Gasteiger partial charge in [-0.05, 0) is 49.1 Å². The number of anilines is 1.